The molecule has 202 valence electrons. The van der Waals surface area contributed by atoms with Crippen molar-refractivity contribution in [1.29, 1.82) is 0 Å². The van der Waals surface area contributed by atoms with Crippen LogP contribution >= 0.6 is 23.2 Å². The zero-order valence-corrected chi connectivity index (χ0v) is 23.7. The van der Waals surface area contributed by atoms with Gasteiger partial charge in [0.05, 0.1) is 22.8 Å². The van der Waals surface area contributed by atoms with Gasteiger partial charge in [0, 0.05) is 15.4 Å². The molecule has 2 aliphatic rings. The lowest BCUT2D eigenvalue weighted by Crippen LogP contribution is -2.14. The number of amides is 1. The van der Waals surface area contributed by atoms with E-state index >= 15 is 0 Å². The van der Waals surface area contributed by atoms with E-state index in [9.17, 15) is 9.18 Å². The van der Waals surface area contributed by atoms with Crippen LogP contribution < -0.4 is 0 Å². The third kappa shape index (κ3) is 6.45. The van der Waals surface area contributed by atoms with E-state index in [0.29, 0.717) is 46.1 Å². The molecule has 7 heteroatoms. The third-order valence-corrected chi connectivity index (χ3v) is 8.55. The van der Waals surface area contributed by atoms with Crippen LogP contribution in [-0.2, 0) is 6.42 Å². The molecule has 0 saturated heterocycles. The molecule has 39 heavy (non-hydrogen) atoms. The summed E-state index contributed by atoms with van der Waals surface area (Å²) in [5.41, 5.74) is 4.58. The van der Waals surface area contributed by atoms with Gasteiger partial charge in [0.25, 0.3) is 6.07 Å². The van der Waals surface area contributed by atoms with Gasteiger partial charge in [-0.3, -0.25) is 0 Å². The summed E-state index contributed by atoms with van der Waals surface area (Å²) < 4.78 is 15.3. The van der Waals surface area contributed by atoms with Crippen LogP contribution in [0.15, 0.2) is 42.5 Å². The molecular weight excluding hydrogens is 532 g/mol. The molecule has 2 aliphatic carbocycles. The van der Waals surface area contributed by atoms with Gasteiger partial charge in [-0.25, -0.2) is 9.07 Å². The van der Waals surface area contributed by atoms with E-state index < -0.39 is 0 Å². The minimum Gasteiger partial charge on any atom is -0.231 e. The van der Waals surface area contributed by atoms with E-state index in [-0.39, 0.29) is 11.7 Å². The average molecular weight is 566 g/mol. The number of rotatable bonds is 5. The molecule has 0 bridgehead atoms. The Morgan fingerprint density at radius 2 is 1.85 bits per heavy atom. The van der Waals surface area contributed by atoms with Gasteiger partial charge in [-0.05, 0) is 85.1 Å². The molecule has 1 fully saturated rings. The van der Waals surface area contributed by atoms with Crippen LogP contribution in [0.4, 0.5) is 4.39 Å². The van der Waals surface area contributed by atoms with Crippen LogP contribution in [0.25, 0.3) is 22.2 Å². The molecule has 1 heterocycles. The molecule has 5 rings (SSSR count). The number of hydrogen-bond donors (Lipinski definition) is 0. The van der Waals surface area contributed by atoms with Crippen molar-refractivity contribution in [3.05, 3.63) is 85.7 Å². The maximum atomic E-state index is 13.6. The highest BCUT2D eigenvalue weighted by Gasteiger charge is 2.33. The third-order valence-electron chi connectivity index (χ3n) is 8.01. The molecule has 0 spiro atoms. The molecule has 0 radical (unpaired) electrons. The Morgan fingerprint density at radius 3 is 2.59 bits per heavy atom. The first kappa shape index (κ1) is 27.6. The van der Waals surface area contributed by atoms with E-state index in [0.717, 1.165) is 41.7 Å². The fourth-order valence-corrected chi connectivity index (χ4v) is 6.33. The number of carbonyl (C=O) groups is 1. The number of nitrogens with zero attached hydrogens (tertiary/aromatic N) is 3. The van der Waals surface area contributed by atoms with E-state index in [1.54, 1.807) is 28.9 Å². The quantitative estimate of drug-likeness (QED) is 0.289. The Labute approximate surface area is 239 Å². The molecule has 4 nitrogen and oxygen atoms in total. The molecule has 0 aliphatic heterocycles. The highest BCUT2D eigenvalue weighted by Crippen LogP contribution is 2.37. The summed E-state index contributed by atoms with van der Waals surface area (Å²) in [7, 11) is 0. The second-order valence-electron chi connectivity index (χ2n) is 10.8. The molecule has 0 N–H and O–H groups in total. The number of halogens is 3. The highest BCUT2D eigenvalue weighted by molar-refractivity contribution is 6.35. The molecular formula is C32H33Cl2FN3O+. The lowest BCUT2D eigenvalue weighted by Gasteiger charge is -2.25. The smallest absolute Gasteiger partial charge is 0.231 e. The normalized spacial score (nSPS) is 17.7. The van der Waals surface area contributed by atoms with Gasteiger partial charge in [-0.1, -0.05) is 74.4 Å². The van der Waals surface area contributed by atoms with Gasteiger partial charge in [0.1, 0.15) is 5.82 Å². The van der Waals surface area contributed by atoms with E-state index in [1.807, 2.05) is 12.1 Å². The topological polar surface area (TPSA) is 39.2 Å². The van der Waals surface area contributed by atoms with Crippen molar-refractivity contribution < 1.29 is 9.18 Å². The summed E-state index contributed by atoms with van der Waals surface area (Å²) in [6.07, 6.45) is 12.5. The fourth-order valence-electron chi connectivity index (χ4n) is 5.84. The summed E-state index contributed by atoms with van der Waals surface area (Å²) in [6, 6.07) is 14.7. The number of carbonyl (C=O) groups excluding carboxylic acids is 1. The minimum absolute atomic E-state index is 0.281. The van der Waals surface area contributed by atoms with Crippen molar-refractivity contribution in [3.8, 4) is 11.8 Å². The molecule has 1 saturated carbocycles. The number of hydrogen-bond acceptors (Lipinski definition) is 2. The molecule has 0 unspecified atom stereocenters. The minimum atomic E-state index is -0.381. The molecule has 1 atom stereocenters. The zero-order chi connectivity index (χ0) is 27.4. The van der Waals surface area contributed by atoms with E-state index in [4.69, 9.17) is 28.3 Å². The largest absolute Gasteiger partial charge is 0.568 e. The van der Waals surface area contributed by atoms with Gasteiger partial charge in [0.2, 0.25) is 5.69 Å². The van der Waals surface area contributed by atoms with Crippen molar-refractivity contribution in [2.24, 2.45) is 11.8 Å². The maximum Gasteiger partial charge on any atom is 0.568 e. The highest BCUT2D eigenvalue weighted by atomic mass is 35.5. The summed E-state index contributed by atoms with van der Waals surface area (Å²) in [5.74, 6) is 0.471. The Kier molecular flexibility index (Phi) is 8.85. The predicted molar refractivity (Wildman–Crippen MR) is 157 cm³/mol. The van der Waals surface area contributed by atoms with Crippen LogP contribution in [0.3, 0.4) is 0 Å². The lowest BCUT2D eigenvalue weighted by molar-refractivity contribution is 0.103. The molecule has 2 aromatic carbocycles. The molecule has 3 aromatic rings. The Bertz CT molecular complexity index is 1440. The molecule has 1 aromatic heterocycles. The van der Waals surface area contributed by atoms with Crippen molar-refractivity contribution in [3.63, 3.8) is 0 Å². The van der Waals surface area contributed by atoms with E-state index in [2.05, 4.69) is 17.8 Å². The predicted octanol–water partition coefficient (Wildman–Crippen LogP) is 9.66. The van der Waals surface area contributed by atoms with Crippen LogP contribution in [0.5, 0.6) is 0 Å². The number of benzene rings is 2. The standard InChI is InChI=1S/C32H33Cl2FN3O/c1-21(23-7-3-2-4-8-23)17-18-36-32(39)30-27-10-6-5-9-24(19-22-11-14-26(35)15-12-22)31(27)38(37-30)29-16-13-25(33)20-28(29)34/h11-16,19-21,23H,2-10,17H2,1H3/q+1/b24-19+/t21-/m1/s1. The number of allylic oxidation sites excluding steroid dienone is 1. The van der Waals surface area contributed by atoms with Crippen LogP contribution in [0.1, 0.15) is 92.0 Å². The van der Waals surface area contributed by atoms with E-state index in [1.165, 1.54) is 44.2 Å². The van der Waals surface area contributed by atoms with Crippen LogP contribution in [0, 0.1) is 23.7 Å². The van der Waals surface area contributed by atoms with Gasteiger partial charge in [-0.2, -0.15) is 9.89 Å². The second-order valence-corrected chi connectivity index (χ2v) is 11.6. The fraction of sp³-hybridized carbons (Fsp3) is 0.406. The number of aromatic nitrogens is 2. The van der Waals surface area contributed by atoms with Crippen molar-refractivity contribution in [2.45, 2.75) is 71.1 Å². The molecule has 1 amide bonds. The van der Waals surface area contributed by atoms with Gasteiger partial charge in [-0.15, -0.1) is 0 Å². The van der Waals surface area contributed by atoms with Crippen molar-refractivity contribution in [2.75, 3.05) is 0 Å². The Morgan fingerprint density at radius 1 is 1.10 bits per heavy atom. The summed E-state index contributed by atoms with van der Waals surface area (Å²) >= 11 is 12.8. The summed E-state index contributed by atoms with van der Waals surface area (Å²) in [6.45, 7) is 2.23. The number of fused-ring (bicyclic) bond motifs is 1. The maximum absolute atomic E-state index is 13.6. The van der Waals surface area contributed by atoms with Gasteiger partial charge in [0.15, 0.2) is 0 Å². The average Bonchev–Trinajstić information content (AvgIpc) is 3.18. The van der Waals surface area contributed by atoms with Gasteiger partial charge >= 0.3 is 5.91 Å². The first-order valence-corrected chi connectivity index (χ1v) is 14.7. The Balaban J connectivity index is 1.55. The first-order chi connectivity index (χ1) is 18.9. The monoisotopic (exact) mass is 564 g/mol. The SMILES string of the molecule is C[C@H](CC#[N+]C(=O)c1nn(-c2ccc(Cl)cc2Cl)c2c1CCCC/C2=C\c1ccc(F)cc1)C1CCCCC1. The van der Waals surface area contributed by atoms with Crippen molar-refractivity contribution in [1.82, 2.24) is 9.78 Å². The summed E-state index contributed by atoms with van der Waals surface area (Å²) in [5, 5.41) is 5.75. The van der Waals surface area contributed by atoms with Crippen molar-refractivity contribution >= 4 is 40.8 Å². The van der Waals surface area contributed by atoms with Crippen LogP contribution in [0.2, 0.25) is 10.0 Å². The first-order valence-electron chi connectivity index (χ1n) is 13.9. The second kappa shape index (κ2) is 12.5. The zero-order valence-electron chi connectivity index (χ0n) is 22.2. The lowest BCUT2D eigenvalue weighted by atomic mass is 9.80. The Hall–Kier alpha value is -2.94. The van der Waals surface area contributed by atoms with Crippen LogP contribution in [-0.4, -0.2) is 15.7 Å². The summed E-state index contributed by atoms with van der Waals surface area (Å²) in [4.78, 5) is 17.7. The van der Waals surface area contributed by atoms with Gasteiger partial charge < -0.3 is 0 Å².